The summed E-state index contributed by atoms with van der Waals surface area (Å²) in [6.45, 7) is 9.59. The van der Waals surface area contributed by atoms with Crippen LogP contribution in [0.3, 0.4) is 0 Å². The number of benzene rings is 1. The van der Waals surface area contributed by atoms with Crippen molar-refractivity contribution in [1.82, 2.24) is 10.2 Å². The molecule has 0 aliphatic carbocycles. The molecule has 2 rings (SSSR count). The molecule has 1 aliphatic heterocycles. The van der Waals surface area contributed by atoms with Gasteiger partial charge in [-0.1, -0.05) is 68.9 Å². The van der Waals surface area contributed by atoms with E-state index in [2.05, 4.69) is 69.2 Å². The van der Waals surface area contributed by atoms with E-state index in [-0.39, 0.29) is 0 Å². The van der Waals surface area contributed by atoms with Gasteiger partial charge in [-0.25, -0.2) is 9.98 Å². The summed E-state index contributed by atoms with van der Waals surface area (Å²) in [7, 11) is 2.14. The third-order valence-corrected chi connectivity index (χ3v) is 5.02. The second-order valence-electron chi connectivity index (χ2n) is 8.29. The monoisotopic (exact) mass is 370 g/mol. The topological polar surface area (TPSA) is 40.0 Å². The lowest BCUT2D eigenvalue weighted by Crippen LogP contribution is -2.48. The zero-order chi connectivity index (χ0) is 19.7. The first-order chi connectivity index (χ1) is 12.9. The number of amidine groups is 1. The lowest BCUT2D eigenvalue weighted by atomic mass is 10.1. The summed E-state index contributed by atoms with van der Waals surface area (Å²) in [5.74, 6) is 2.00. The van der Waals surface area contributed by atoms with Crippen LogP contribution >= 0.6 is 0 Å². The molecule has 0 saturated carbocycles. The maximum Gasteiger partial charge on any atom is 0.201 e. The number of rotatable bonds is 10. The van der Waals surface area contributed by atoms with Crippen LogP contribution in [0.15, 0.2) is 34.3 Å². The minimum absolute atomic E-state index is 0.390. The minimum atomic E-state index is -0.390. The van der Waals surface area contributed by atoms with Crippen LogP contribution in [0.2, 0.25) is 0 Å². The fraction of sp³-hybridized carbons (Fsp3) is 0.652. The van der Waals surface area contributed by atoms with Gasteiger partial charge in [-0.15, -0.1) is 0 Å². The molecule has 0 amide bonds. The number of nitrogens with one attached hydrogen (secondary N) is 1. The van der Waals surface area contributed by atoms with Crippen LogP contribution in [0.4, 0.5) is 0 Å². The van der Waals surface area contributed by atoms with Crippen molar-refractivity contribution in [3.63, 3.8) is 0 Å². The molecule has 1 N–H and O–H groups in total. The molecule has 0 bridgehead atoms. The highest BCUT2D eigenvalue weighted by Gasteiger charge is 2.24. The predicted molar refractivity (Wildman–Crippen MR) is 118 cm³/mol. The SMILES string of the molecule is CCCCCCCCN(C)C1=NC(C)(C)N=C(CCc2ccc(C)cc2)N1. The molecule has 0 fully saturated rings. The molecule has 4 heteroatoms. The average Bonchev–Trinajstić information content (AvgIpc) is 2.62. The Kier molecular flexibility index (Phi) is 8.33. The first-order valence-electron chi connectivity index (χ1n) is 10.6. The fourth-order valence-corrected chi connectivity index (χ4v) is 3.35. The maximum absolute atomic E-state index is 4.80. The van der Waals surface area contributed by atoms with Gasteiger partial charge in [0, 0.05) is 20.0 Å². The van der Waals surface area contributed by atoms with Crippen LogP contribution in [-0.4, -0.2) is 36.0 Å². The first kappa shape index (κ1) is 21.5. The van der Waals surface area contributed by atoms with Crippen LogP contribution in [0.25, 0.3) is 0 Å². The molecule has 0 saturated heterocycles. The van der Waals surface area contributed by atoms with Gasteiger partial charge >= 0.3 is 0 Å². The number of aryl methyl sites for hydroxylation is 2. The highest BCUT2D eigenvalue weighted by atomic mass is 15.4. The van der Waals surface area contributed by atoms with Crippen LogP contribution in [0, 0.1) is 6.92 Å². The summed E-state index contributed by atoms with van der Waals surface area (Å²) >= 11 is 0. The Bertz CT molecular complexity index is 628. The molecule has 0 spiro atoms. The normalized spacial score (nSPS) is 15.7. The summed E-state index contributed by atoms with van der Waals surface area (Å²) in [6.07, 6.45) is 9.80. The van der Waals surface area contributed by atoms with Crippen molar-refractivity contribution in [3.05, 3.63) is 35.4 Å². The third-order valence-electron chi connectivity index (χ3n) is 5.02. The van der Waals surface area contributed by atoms with E-state index in [0.717, 1.165) is 31.2 Å². The van der Waals surface area contributed by atoms with Crippen LogP contribution in [0.5, 0.6) is 0 Å². The number of nitrogens with zero attached hydrogens (tertiary/aromatic N) is 3. The molecule has 150 valence electrons. The highest BCUT2D eigenvalue weighted by molar-refractivity contribution is 6.01. The summed E-state index contributed by atoms with van der Waals surface area (Å²) < 4.78 is 0. The number of hydrogen-bond acceptors (Lipinski definition) is 4. The Balaban J connectivity index is 1.83. The van der Waals surface area contributed by atoms with Crippen molar-refractivity contribution in [2.24, 2.45) is 9.98 Å². The van der Waals surface area contributed by atoms with Gasteiger partial charge in [0.25, 0.3) is 0 Å². The van der Waals surface area contributed by atoms with E-state index >= 15 is 0 Å². The molecule has 1 aliphatic rings. The molecule has 0 radical (unpaired) electrons. The minimum Gasteiger partial charge on any atom is -0.346 e. The van der Waals surface area contributed by atoms with Gasteiger partial charge in [0.15, 0.2) is 0 Å². The van der Waals surface area contributed by atoms with Crippen molar-refractivity contribution in [1.29, 1.82) is 0 Å². The van der Waals surface area contributed by atoms with Crippen molar-refractivity contribution < 1.29 is 0 Å². The van der Waals surface area contributed by atoms with Gasteiger partial charge in [0.05, 0.1) is 0 Å². The molecule has 0 unspecified atom stereocenters. The molecular formula is C23H38N4. The van der Waals surface area contributed by atoms with Crippen LogP contribution < -0.4 is 5.32 Å². The summed E-state index contributed by atoms with van der Waals surface area (Å²) in [6, 6.07) is 8.78. The first-order valence-corrected chi connectivity index (χ1v) is 10.6. The summed E-state index contributed by atoms with van der Waals surface area (Å²) in [5.41, 5.74) is 2.27. The number of unbranched alkanes of at least 4 members (excludes halogenated alkanes) is 5. The quantitative estimate of drug-likeness (QED) is 0.567. The number of guanidine groups is 1. The Morgan fingerprint density at radius 3 is 2.30 bits per heavy atom. The molecule has 0 atom stereocenters. The van der Waals surface area contributed by atoms with Gasteiger partial charge in [-0.3, -0.25) is 0 Å². The van der Waals surface area contributed by atoms with E-state index in [0.29, 0.717) is 0 Å². The Morgan fingerprint density at radius 1 is 0.926 bits per heavy atom. The van der Waals surface area contributed by atoms with Crippen molar-refractivity contribution in [3.8, 4) is 0 Å². The van der Waals surface area contributed by atoms with E-state index in [1.165, 1.54) is 49.7 Å². The van der Waals surface area contributed by atoms with Crippen molar-refractivity contribution >= 4 is 11.8 Å². The van der Waals surface area contributed by atoms with E-state index in [1.807, 2.05) is 0 Å². The van der Waals surface area contributed by atoms with Gasteiger partial charge in [0.2, 0.25) is 5.96 Å². The van der Waals surface area contributed by atoms with Gasteiger partial charge in [-0.2, -0.15) is 0 Å². The smallest absolute Gasteiger partial charge is 0.201 e. The number of hydrogen-bond donors (Lipinski definition) is 1. The molecule has 4 nitrogen and oxygen atoms in total. The van der Waals surface area contributed by atoms with Crippen molar-refractivity contribution in [2.45, 2.75) is 84.7 Å². The van der Waals surface area contributed by atoms with Gasteiger partial charge in [0.1, 0.15) is 11.5 Å². The average molecular weight is 371 g/mol. The molecule has 0 aromatic heterocycles. The lowest BCUT2D eigenvalue weighted by Gasteiger charge is -2.31. The predicted octanol–water partition coefficient (Wildman–Crippen LogP) is 5.31. The van der Waals surface area contributed by atoms with Gasteiger partial charge < -0.3 is 10.2 Å². The van der Waals surface area contributed by atoms with Gasteiger partial charge in [-0.05, 0) is 39.2 Å². The maximum atomic E-state index is 4.80. The van der Waals surface area contributed by atoms with E-state index < -0.39 is 5.66 Å². The second kappa shape index (κ2) is 10.5. The van der Waals surface area contributed by atoms with E-state index in [1.54, 1.807) is 0 Å². The van der Waals surface area contributed by atoms with Crippen LogP contribution in [0.1, 0.15) is 76.8 Å². The molecule has 1 heterocycles. The Morgan fingerprint density at radius 2 is 1.59 bits per heavy atom. The van der Waals surface area contributed by atoms with E-state index in [9.17, 15) is 0 Å². The Labute approximate surface area is 166 Å². The summed E-state index contributed by atoms with van der Waals surface area (Å²) in [4.78, 5) is 11.9. The molecule has 27 heavy (non-hydrogen) atoms. The second-order valence-corrected chi connectivity index (χ2v) is 8.29. The van der Waals surface area contributed by atoms with Crippen molar-refractivity contribution in [2.75, 3.05) is 13.6 Å². The zero-order valence-electron chi connectivity index (χ0n) is 18.0. The molecular weight excluding hydrogens is 332 g/mol. The highest BCUT2D eigenvalue weighted by Crippen LogP contribution is 2.17. The number of aliphatic imine (C=N–C) groups is 2. The Hall–Kier alpha value is -1.84. The largest absolute Gasteiger partial charge is 0.346 e. The van der Waals surface area contributed by atoms with E-state index in [4.69, 9.17) is 9.98 Å². The van der Waals surface area contributed by atoms with Crippen LogP contribution in [-0.2, 0) is 6.42 Å². The molecule has 1 aromatic carbocycles. The zero-order valence-corrected chi connectivity index (χ0v) is 18.0. The summed E-state index contributed by atoms with van der Waals surface area (Å²) in [5, 5.41) is 3.48. The fourth-order valence-electron chi connectivity index (χ4n) is 3.35. The lowest BCUT2D eigenvalue weighted by molar-refractivity contribution is 0.435. The third kappa shape index (κ3) is 7.74. The standard InChI is InChI=1S/C23H38N4/c1-6-7-8-9-10-11-18-27(5)22-24-21(25-23(3,4)26-22)17-16-20-14-12-19(2)13-15-20/h12-15H,6-11,16-18H2,1-5H3,(H,24,25,26). The molecule has 1 aromatic rings.